The van der Waals surface area contributed by atoms with E-state index in [0.29, 0.717) is 17.1 Å². The number of thiazole rings is 1. The molecule has 8 nitrogen and oxygen atoms in total. The first kappa shape index (κ1) is 23.9. The van der Waals surface area contributed by atoms with Crippen LogP contribution in [0.15, 0.2) is 47.8 Å². The van der Waals surface area contributed by atoms with E-state index in [1.807, 2.05) is 32.0 Å². The Morgan fingerprint density at radius 1 is 0.939 bits per heavy atom. The summed E-state index contributed by atoms with van der Waals surface area (Å²) >= 11 is 1.14. The van der Waals surface area contributed by atoms with Crippen LogP contribution in [-0.4, -0.2) is 34.0 Å². The number of aliphatic carboxylic acids is 1. The Morgan fingerprint density at radius 2 is 1.58 bits per heavy atom. The minimum atomic E-state index is -1.08. The van der Waals surface area contributed by atoms with Crippen molar-refractivity contribution in [3.05, 3.63) is 64.0 Å². The van der Waals surface area contributed by atoms with Gasteiger partial charge in [0.1, 0.15) is 6.04 Å². The Bertz CT molecular complexity index is 1170. The van der Waals surface area contributed by atoms with Crippen LogP contribution in [-0.2, 0) is 4.79 Å². The molecule has 0 saturated carbocycles. The van der Waals surface area contributed by atoms with Gasteiger partial charge in [-0.1, -0.05) is 32.0 Å². The second-order valence-corrected chi connectivity index (χ2v) is 8.88. The van der Waals surface area contributed by atoms with Gasteiger partial charge in [0.15, 0.2) is 5.01 Å². The largest absolute Gasteiger partial charge is 0.480 e. The predicted molar refractivity (Wildman–Crippen MR) is 130 cm³/mol. The first-order chi connectivity index (χ1) is 15.6. The van der Waals surface area contributed by atoms with Crippen LogP contribution >= 0.6 is 11.3 Å². The van der Waals surface area contributed by atoms with Crippen LogP contribution in [0, 0.1) is 19.8 Å². The number of amides is 3. The van der Waals surface area contributed by atoms with Gasteiger partial charge in [0, 0.05) is 22.3 Å². The Balaban J connectivity index is 1.62. The third-order valence-corrected chi connectivity index (χ3v) is 5.96. The zero-order valence-corrected chi connectivity index (χ0v) is 19.6. The summed E-state index contributed by atoms with van der Waals surface area (Å²) < 4.78 is 0. The number of hydrogen-bond donors (Lipinski definition) is 4. The number of aryl methyl sites for hydroxylation is 2. The summed E-state index contributed by atoms with van der Waals surface area (Å²) in [6, 6.07) is 11.4. The minimum absolute atomic E-state index is 0.187. The SMILES string of the molecule is Cc1ccc(NC(=O)Nc2ccc(-c3csc(C(=O)NC(C(=O)O)C(C)C)n3)cc2)cc1C. The summed E-state index contributed by atoms with van der Waals surface area (Å²) in [5.74, 6) is -1.86. The van der Waals surface area contributed by atoms with Crippen molar-refractivity contribution in [3.63, 3.8) is 0 Å². The standard InChI is InChI=1S/C24H26N4O4S/c1-13(2)20(23(30)31)28-21(29)22-27-19(12-33-22)16-6-9-17(10-7-16)25-24(32)26-18-8-5-14(3)15(4)11-18/h5-13,20H,1-4H3,(H,28,29)(H,30,31)(H2,25,26,32). The van der Waals surface area contributed by atoms with Gasteiger partial charge in [-0.15, -0.1) is 11.3 Å². The average molecular weight is 467 g/mol. The number of carboxylic acids is 1. The van der Waals surface area contributed by atoms with E-state index < -0.39 is 17.9 Å². The van der Waals surface area contributed by atoms with Gasteiger partial charge < -0.3 is 21.1 Å². The molecule has 3 aromatic rings. The van der Waals surface area contributed by atoms with Crippen LogP contribution in [0.4, 0.5) is 16.2 Å². The number of rotatable bonds is 7. The van der Waals surface area contributed by atoms with Gasteiger partial charge in [-0.2, -0.15) is 0 Å². The van der Waals surface area contributed by atoms with E-state index in [2.05, 4.69) is 20.9 Å². The number of anilines is 2. The lowest BCUT2D eigenvalue weighted by Crippen LogP contribution is -2.44. The van der Waals surface area contributed by atoms with Gasteiger partial charge in [-0.25, -0.2) is 14.6 Å². The predicted octanol–water partition coefficient (Wildman–Crippen LogP) is 4.91. The molecular formula is C24H26N4O4S. The minimum Gasteiger partial charge on any atom is -0.480 e. The molecule has 3 amide bonds. The highest BCUT2D eigenvalue weighted by molar-refractivity contribution is 7.12. The summed E-state index contributed by atoms with van der Waals surface area (Å²) in [6.45, 7) is 7.45. The van der Waals surface area contributed by atoms with E-state index in [1.165, 1.54) is 0 Å². The van der Waals surface area contributed by atoms with Crippen molar-refractivity contribution in [2.45, 2.75) is 33.7 Å². The summed E-state index contributed by atoms with van der Waals surface area (Å²) in [4.78, 5) is 40.3. The monoisotopic (exact) mass is 466 g/mol. The van der Waals surface area contributed by atoms with E-state index in [-0.39, 0.29) is 17.0 Å². The number of carbonyl (C=O) groups excluding carboxylic acids is 2. The molecule has 3 rings (SSSR count). The molecule has 1 aromatic heterocycles. The molecule has 33 heavy (non-hydrogen) atoms. The highest BCUT2D eigenvalue weighted by atomic mass is 32.1. The summed E-state index contributed by atoms with van der Waals surface area (Å²) in [5, 5.41) is 19.3. The lowest BCUT2D eigenvalue weighted by molar-refractivity contribution is -0.140. The Morgan fingerprint density at radius 3 is 2.18 bits per heavy atom. The molecule has 0 aliphatic heterocycles. The molecule has 0 aliphatic rings. The van der Waals surface area contributed by atoms with Crippen molar-refractivity contribution < 1.29 is 19.5 Å². The zero-order chi connectivity index (χ0) is 24.1. The Labute approximate surface area is 196 Å². The number of urea groups is 1. The number of hydrogen-bond acceptors (Lipinski definition) is 5. The summed E-state index contributed by atoms with van der Waals surface area (Å²) in [5.41, 5.74) is 4.92. The van der Waals surface area contributed by atoms with Crippen molar-refractivity contribution in [1.29, 1.82) is 0 Å². The molecule has 1 unspecified atom stereocenters. The third-order valence-electron chi connectivity index (χ3n) is 5.12. The third kappa shape index (κ3) is 6.17. The topological polar surface area (TPSA) is 120 Å². The molecule has 2 aromatic carbocycles. The molecule has 0 radical (unpaired) electrons. The van der Waals surface area contributed by atoms with Crippen LogP contribution in [0.3, 0.4) is 0 Å². The molecule has 0 aliphatic carbocycles. The number of aromatic nitrogens is 1. The molecule has 0 spiro atoms. The smallest absolute Gasteiger partial charge is 0.326 e. The average Bonchev–Trinajstić information content (AvgIpc) is 3.25. The van der Waals surface area contributed by atoms with Crippen molar-refractivity contribution in [1.82, 2.24) is 10.3 Å². The zero-order valence-electron chi connectivity index (χ0n) is 18.8. The molecule has 0 bridgehead atoms. The van der Waals surface area contributed by atoms with Gasteiger partial charge in [-0.3, -0.25) is 4.79 Å². The van der Waals surface area contributed by atoms with E-state index in [9.17, 15) is 19.5 Å². The Kier molecular flexibility index (Phi) is 7.44. The fraction of sp³-hybridized carbons (Fsp3) is 0.250. The van der Waals surface area contributed by atoms with Gasteiger partial charge in [0.2, 0.25) is 0 Å². The quantitative estimate of drug-likeness (QED) is 0.394. The lowest BCUT2D eigenvalue weighted by Gasteiger charge is -2.16. The number of nitrogens with zero attached hydrogens (tertiary/aromatic N) is 1. The molecule has 0 saturated heterocycles. The highest BCUT2D eigenvalue weighted by Gasteiger charge is 2.25. The molecule has 1 heterocycles. The summed E-state index contributed by atoms with van der Waals surface area (Å²) in [6.07, 6.45) is 0. The van der Waals surface area contributed by atoms with E-state index in [1.54, 1.807) is 43.5 Å². The van der Waals surface area contributed by atoms with Gasteiger partial charge in [-0.05, 0) is 55.2 Å². The van der Waals surface area contributed by atoms with Crippen molar-refractivity contribution in [2.24, 2.45) is 5.92 Å². The maximum atomic E-state index is 12.4. The first-order valence-electron chi connectivity index (χ1n) is 10.4. The van der Waals surface area contributed by atoms with Gasteiger partial charge in [0.25, 0.3) is 5.91 Å². The normalized spacial score (nSPS) is 11.7. The molecule has 172 valence electrons. The second-order valence-electron chi connectivity index (χ2n) is 8.03. The summed E-state index contributed by atoms with van der Waals surface area (Å²) in [7, 11) is 0. The van der Waals surface area contributed by atoms with Crippen molar-refractivity contribution in [3.8, 4) is 11.3 Å². The molecule has 0 fully saturated rings. The maximum Gasteiger partial charge on any atom is 0.326 e. The lowest BCUT2D eigenvalue weighted by atomic mass is 10.1. The second kappa shape index (κ2) is 10.3. The van der Waals surface area contributed by atoms with Crippen molar-refractivity contribution in [2.75, 3.05) is 10.6 Å². The number of benzene rings is 2. The number of carbonyl (C=O) groups is 3. The van der Waals surface area contributed by atoms with E-state index >= 15 is 0 Å². The van der Waals surface area contributed by atoms with E-state index in [0.717, 1.165) is 28.0 Å². The van der Waals surface area contributed by atoms with Crippen LogP contribution in [0.1, 0.15) is 34.8 Å². The maximum absolute atomic E-state index is 12.4. The van der Waals surface area contributed by atoms with Gasteiger partial charge in [0.05, 0.1) is 5.69 Å². The van der Waals surface area contributed by atoms with Crippen LogP contribution in [0.25, 0.3) is 11.3 Å². The van der Waals surface area contributed by atoms with Crippen LogP contribution in [0.2, 0.25) is 0 Å². The van der Waals surface area contributed by atoms with E-state index in [4.69, 9.17) is 0 Å². The Hall–Kier alpha value is -3.72. The van der Waals surface area contributed by atoms with Crippen molar-refractivity contribution >= 4 is 40.6 Å². The van der Waals surface area contributed by atoms with Gasteiger partial charge >= 0.3 is 12.0 Å². The van der Waals surface area contributed by atoms with Crippen LogP contribution in [0.5, 0.6) is 0 Å². The fourth-order valence-corrected chi connectivity index (χ4v) is 3.79. The molecule has 9 heteroatoms. The van der Waals surface area contributed by atoms with Crippen LogP contribution < -0.4 is 16.0 Å². The first-order valence-corrected chi connectivity index (χ1v) is 11.3. The molecular weight excluding hydrogens is 440 g/mol. The molecule has 4 N–H and O–H groups in total. The fourth-order valence-electron chi connectivity index (χ4n) is 3.06. The number of carboxylic acid groups (broad SMARTS) is 1. The number of nitrogens with one attached hydrogen (secondary N) is 3. The molecule has 1 atom stereocenters. The highest BCUT2D eigenvalue weighted by Crippen LogP contribution is 2.24.